The van der Waals surface area contributed by atoms with Crippen molar-refractivity contribution in [1.82, 2.24) is 19.6 Å². The Morgan fingerprint density at radius 2 is 1.91 bits per heavy atom. The van der Waals surface area contributed by atoms with E-state index in [0.717, 1.165) is 23.4 Å². The van der Waals surface area contributed by atoms with Crippen LogP contribution in [0.5, 0.6) is 0 Å². The first-order valence-electron chi connectivity index (χ1n) is 7.53. The summed E-state index contributed by atoms with van der Waals surface area (Å²) >= 11 is 1.34. The molecule has 23 heavy (non-hydrogen) atoms. The molecular formula is C17H18N4OS. The molecule has 0 unspecified atom stereocenters. The number of aryl methyl sites for hydroxylation is 3. The second kappa shape index (κ2) is 6.50. The zero-order chi connectivity index (χ0) is 16.4. The third-order valence-corrected chi connectivity index (χ3v) is 4.45. The Morgan fingerprint density at radius 1 is 1.17 bits per heavy atom. The first-order chi connectivity index (χ1) is 11.1. The van der Waals surface area contributed by atoms with Gasteiger partial charge in [0, 0.05) is 17.0 Å². The van der Waals surface area contributed by atoms with Crippen molar-refractivity contribution in [3.63, 3.8) is 0 Å². The van der Waals surface area contributed by atoms with Crippen LogP contribution in [0.25, 0.3) is 5.78 Å². The van der Waals surface area contributed by atoms with Crippen molar-refractivity contribution >= 4 is 23.3 Å². The molecule has 0 saturated carbocycles. The molecule has 0 saturated heterocycles. The average Bonchev–Trinajstić information content (AvgIpc) is 2.96. The number of ketones is 1. The monoisotopic (exact) mass is 326 g/mol. The number of nitrogens with zero attached hydrogens (tertiary/aromatic N) is 4. The Morgan fingerprint density at radius 3 is 2.61 bits per heavy atom. The van der Waals surface area contributed by atoms with Crippen LogP contribution in [0, 0.1) is 13.8 Å². The van der Waals surface area contributed by atoms with Gasteiger partial charge in [0.05, 0.1) is 5.75 Å². The van der Waals surface area contributed by atoms with Gasteiger partial charge in [0.1, 0.15) is 0 Å². The highest BCUT2D eigenvalue weighted by Gasteiger charge is 2.11. The number of Topliss-reactive ketones (excluding diaryl/α,β-unsaturated/α-hetero) is 1. The number of aromatic nitrogens is 4. The second-order valence-electron chi connectivity index (χ2n) is 5.41. The summed E-state index contributed by atoms with van der Waals surface area (Å²) in [4.78, 5) is 21.0. The molecule has 0 atom stereocenters. The highest BCUT2D eigenvalue weighted by molar-refractivity contribution is 7.99. The molecule has 0 amide bonds. The molecule has 2 aromatic heterocycles. The van der Waals surface area contributed by atoms with Gasteiger partial charge in [-0.1, -0.05) is 43.0 Å². The van der Waals surface area contributed by atoms with Gasteiger partial charge in [0.2, 0.25) is 5.16 Å². The van der Waals surface area contributed by atoms with Crippen LogP contribution in [-0.2, 0) is 6.42 Å². The average molecular weight is 326 g/mol. The minimum atomic E-state index is 0.0809. The molecule has 0 radical (unpaired) electrons. The Labute approximate surface area is 139 Å². The number of carbonyl (C=O) groups is 1. The SMILES string of the molecule is CCc1ccc(C(=O)CSc2nc3nc(C)cc(C)n3n2)cc1. The van der Waals surface area contributed by atoms with Crippen LogP contribution in [0.2, 0.25) is 0 Å². The molecule has 6 heteroatoms. The molecule has 3 aromatic rings. The van der Waals surface area contributed by atoms with Gasteiger partial charge in [-0.3, -0.25) is 4.79 Å². The fourth-order valence-corrected chi connectivity index (χ4v) is 3.06. The van der Waals surface area contributed by atoms with Gasteiger partial charge >= 0.3 is 0 Å². The smallest absolute Gasteiger partial charge is 0.253 e. The Bertz CT molecular complexity index is 855. The van der Waals surface area contributed by atoms with Crippen LogP contribution in [0.1, 0.15) is 34.2 Å². The van der Waals surface area contributed by atoms with Crippen molar-refractivity contribution in [3.8, 4) is 0 Å². The predicted octanol–water partition coefficient (Wildman–Crippen LogP) is 3.28. The lowest BCUT2D eigenvalue weighted by atomic mass is 10.1. The van der Waals surface area contributed by atoms with Crippen molar-refractivity contribution in [2.45, 2.75) is 32.3 Å². The van der Waals surface area contributed by atoms with Gasteiger partial charge in [-0.05, 0) is 31.9 Å². The first-order valence-corrected chi connectivity index (χ1v) is 8.51. The topological polar surface area (TPSA) is 60.2 Å². The molecular weight excluding hydrogens is 308 g/mol. The van der Waals surface area contributed by atoms with E-state index in [0.29, 0.717) is 16.7 Å². The number of rotatable bonds is 5. The maximum absolute atomic E-state index is 12.3. The minimum absolute atomic E-state index is 0.0809. The van der Waals surface area contributed by atoms with Gasteiger partial charge in [0.25, 0.3) is 5.78 Å². The Balaban J connectivity index is 1.72. The number of hydrogen-bond acceptors (Lipinski definition) is 5. The summed E-state index contributed by atoms with van der Waals surface area (Å²) < 4.78 is 1.70. The number of fused-ring (bicyclic) bond motifs is 1. The summed E-state index contributed by atoms with van der Waals surface area (Å²) in [6, 6.07) is 9.71. The molecule has 3 rings (SSSR count). The molecule has 1 aromatic carbocycles. The van der Waals surface area contributed by atoms with Gasteiger partial charge in [-0.15, -0.1) is 5.10 Å². The van der Waals surface area contributed by atoms with E-state index >= 15 is 0 Å². The van der Waals surface area contributed by atoms with E-state index in [9.17, 15) is 4.79 Å². The molecule has 0 aliphatic rings. The number of benzene rings is 1. The van der Waals surface area contributed by atoms with Crippen LogP contribution in [0.15, 0.2) is 35.5 Å². The molecule has 2 heterocycles. The third kappa shape index (κ3) is 3.42. The largest absolute Gasteiger partial charge is 0.293 e. The highest BCUT2D eigenvalue weighted by Crippen LogP contribution is 2.17. The Kier molecular flexibility index (Phi) is 4.43. The van der Waals surface area contributed by atoms with Crippen molar-refractivity contribution in [2.24, 2.45) is 0 Å². The molecule has 0 aliphatic heterocycles. The standard InChI is InChI=1S/C17H18N4OS/c1-4-13-5-7-14(8-6-13)15(22)10-23-17-19-16-18-11(2)9-12(3)21(16)20-17/h5-9H,4,10H2,1-3H3. The lowest BCUT2D eigenvalue weighted by Gasteiger charge is -2.01. The van der Waals surface area contributed by atoms with E-state index in [1.54, 1.807) is 4.52 Å². The quantitative estimate of drug-likeness (QED) is 0.532. The van der Waals surface area contributed by atoms with Gasteiger partial charge in [-0.25, -0.2) is 9.50 Å². The molecule has 0 N–H and O–H groups in total. The van der Waals surface area contributed by atoms with Crippen molar-refractivity contribution in [1.29, 1.82) is 0 Å². The fourth-order valence-electron chi connectivity index (χ4n) is 2.35. The predicted molar refractivity (Wildman–Crippen MR) is 91.1 cm³/mol. The highest BCUT2D eigenvalue weighted by atomic mass is 32.2. The van der Waals surface area contributed by atoms with E-state index < -0.39 is 0 Å². The van der Waals surface area contributed by atoms with Crippen LogP contribution in [0.3, 0.4) is 0 Å². The lowest BCUT2D eigenvalue weighted by molar-refractivity contribution is 0.102. The van der Waals surface area contributed by atoms with Crippen LogP contribution in [-0.4, -0.2) is 31.1 Å². The summed E-state index contributed by atoms with van der Waals surface area (Å²) in [5.74, 6) is 0.975. The molecule has 0 fully saturated rings. The summed E-state index contributed by atoms with van der Waals surface area (Å²) in [5, 5.41) is 4.97. The molecule has 0 aliphatic carbocycles. The van der Waals surface area contributed by atoms with Crippen LogP contribution in [0.4, 0.5) is 0 Å². The van der Waals surface area contributed by atoms with Crippen molar-refractivity contribution in [3.05, 3.63) is 52.8 Å². The van der Waals surface area contributed by atoms with Crippen molar-refractivity contribution < 1.29 is 4.79 Å². The maximum atomic E-state index is 12.3. The maximum Gasteiger partial charge on any atom is 0.253 e. The molecule has 0 bridgehead atoms. The van der Waals surface area contributed by atoms with E-state index in [1.165, 1.54) is 17.3 Å². The van der Waals surface area contributed by atoms with Crippen LogP contribution < -0.4 is 0 Å². The summed E-state index contributed by atoms with van der Waals surface area (Å²) in [5.41, 5.74) is 3.84. The summed E-state index contributed by atoms with van der Waals surface area (Å²) in [7, 11) is 0. The minimum Gasteiger partial charge on any atom is -0.293 e. The van der Waals surface area contributed by atoms with E-state index in [-0.39, 0.29) is 5.78 Å². The van der Waals surface area contributed by atoms with Gasteiger partial charge in [-0.2, -0.15) is 4.98 Å². The molecule has 0 spiro atoms. The zero-order valence-corrected chi connectivity index (χ0v) is 14.2. The van der Waals surface area contributed by atoms with E-state index in [1.807, 2.05) is 44.2 Å². The van der Waals surface area contributed by atoms with E-state index in [4.69, 9.17) is 0 Å². The molecule has 118 valence electrons. The number of carbonyl (C=O) groups excluding carboxylic acids is 1. The van der Waals surface area contributed by atoms with E-state index in [2.05, 4.69) is 22.0 Å². The normalized spacial score (nSPS) is 11.1. The van der Waals surface area contributed by atoms with Crippen LogP contribution >= 0.6 is 11.8 Å². The summed E-state index contributed by atoms with van der Waals surface area (Å²) in [6.07, 6.45) is 0.972. The number of hydrogen-bond donors (Lipinski definition) is 0. The summed E-state index contributed by atoms with van der Waals surface area (Å²) in [6.45, 7) is 5.99. The lowest BCUT2D eigenvalue weighted by Crippen LogP contribution is -2.02. The van der Waals surface area contributed by atoms with Gasteiger partial charge in [0.15, 0.2) is 5.78 Å². The number of thioether (sulfide) groups is 1. The fraction of sp³-hybridized carbons (Fsp3) is 0.294. The van der Waals surface area contributed by atoms with Gasteiger partial charge < -0.3 is 0 Å². The third-order valence-electron chi connectivity index (χ3n) is 3.62. The Hall–Kier alpha value is -2.21. The molecule has 5 nitrogen and oxygen atoms in total. The second-order valence-corrected chi connectivity index (χ2v) is 6.35. The van der Waals surface area contributed by atoms with Crippen molar-refractivity contribution in [2.75, 3.05) is 5.75 Å². The first kappa shape index (κ1) is 15.7. The zero-order valence-electron chi connectivity index (χ0n) is 13.4.